The summed E-state index contributed by atoms with van der Waals surface area (Å²) in [6.07, 6.45) is 0. The van der Waals surface area contributed by atoms with Gasteiger partial charge in [0.2, 0.25) is 0 Å². The predicted molar refractivity (Wildman–Crippen MR) is 239 cm³/mol. The Labute approximate surface area is 333 Å². The van der Waals surface area contributed by atoms with E-state index in [2.05, 4.69) is 175 Å². The summed E-state index contributed by atoms with van der Waals surface area (Å²) < 4.78 is 20.3. The van der Waals surface area contributed by atoms with Crippen molar-refractivity contribution in [1.82, 2.24) is 0 Å². The maximum Gasteiger partial charge on any atom is 0.159 e. The van der Waals surface area contributed by atoms with Crippen molar-refractivity contribution in [3.05, 3.63) is 200 Å². The number of hydrogen-bond acceptors (Lipinski definition) is 4. The van der Waals surface area contributed by atoms with Gasteiger partial charge in [-0.25, -0.2) is 0 Å². The van der Waals surface area contributed by atoms with Crippen molar-refractivity contribution in [3.8, 4) is 33.4 Å². The molecule has 0 bridgehead atoms. The van der Waals surface area contributed by atoms with Gasteiger partial charge in [-0.15, -0.1) is 0 Å². The third-order valence-electron chi connectivity index (χ3n) is 11.5. The molecule has 3 heterocycles. The highest BCUT2D eigenvalue weighted by Gasteiger charge is 2.25. The van der Waals surface area contributed by atoms with Crippen molar-refractivity contribution >= 4 is 82.9 Å². The second kappa shape index (κ2) is 12.9. The summed E-state index contributed by atoms with van der Waals surface area (Å²) in [5.74, 6) is 0. The molecule has 0 spiro atoms. The van der Waals surface area contributed by atoms with E-state index >= 15 is 0 Å². The molecule has 9 aromatic carbocycles. The lowest BCUT2D eigenvalue weighted by Gasteiger charge is -2.28. The molecule has 0 radical (unpaired) electrons. The number of fused-ring (bicyclic) bond motifs is 9. The Hall–Kier alpha value is -7.82. The summed E-state index contributed by atoms with van der Waals surface area (Å²) in [6.45, 7) is 0. The van der Waals surface area contributed by atoms with Crippen LogP contribution >= 0.6 is 0 Å². The van der Waals surface area contributed by atoms with E-state index in [1.165, 1.54) is 5.56 Å². The van der Waals surface area contributed by atoms with E-state index in [0.29, 0.717) is 0 Å². The summed E-state index contributed by atoms with van der Waals surface area (Å²) >= 11 is 0. The average molecular weight is 744 g/mol. The highest BCUT2D eigenvalue weighted by Crippen LogP contribution is 2.49. The minimum atomic E-state index is 0.802. The van der Waals surface area contributed by atoms with Crippen LogP contribution in [0.3, 0.4) is 0 Å². The van der Waals surface area contributed by atoms with Crippen LogP contribution in [0.15, 0.2) is 213 Å². The maximum atomic E-state index is 6.95. The monoisotopic (exact) mass is 743 g/mol. The standard InChI is InChI=1S/C54H33NO3/c1-3-14-34(15-4-1)35-26-28-37(29-27-35)51-52-42-20-9-12-25-48(42)56-50(52)33-44-43-32-38(30-31-49(43)58-54(44)51)55(45-22-10-7-18-39(45)36-16-5-2-6-17-36)46-23-13-21-41-40-19-8-11-24-47(40)57-53(41)46/h1-33H. The number of rotatable bonds is 6. The second-order valence-corrected chi connectivity index (χ2v) is 14.8. The third kappa shape index (κ3) is 5.02. The van der Waals surface area contributed by atoms with Crippen LogP contribution in [0.4, 0.5) is 17.1 Å². The van der Waals surface area contributed by atoms with Crippen molar-refractivity contribution in [3.63, 3.8) is 0 Å². The molecule has 58 heavy (non-hydrogen) atoms. The Morgan fingerprint density at radius 3 is 1.71 bits per heavy atom. The van der Waals surface area contributed by atoms with Gasteiger partial charge in [0.15, 0.2) is 5.58 Å². The first kappa shape index (κ1) is 32.4. The van der Waals surface area contributed by atoms with Crippen molar-refractivity contribution in [1.29, 1.82) is 0 Å². The number of para-hydroxylation sites is 4. The molecule has 0 unspecified atom stereocenters. The number of hydrogen-bond donors (Lipinski definition) is 0. The molecule has 0 saturated heterocycles. The Morgan fingerprint density at radius 1 is 0.310 bits per heavy atom. The number of furan rings is 3. The first-order chi connectivity index (χ1) is 28.8. The molecule has 12 rings (SSSR count). The molecular formula is C54H33NO3. The highest BCUT2D eigenvalue weighted by molar-refractivity contribution is 6.24. The van der Waals surface area contributed by atoms with Gasteiger partial charge in [0.05, 0.1) is 11.4 Å². The molecule has 12 aromatic rings. The Balaban J connectivity index is 1.12. The van der Waals surface area contributed by atoms with E-state index in [4.69, 9.17) is 13.3 Å². The molecule has 4 nitrogen and oxygen atoms in total. The largest absolute Gasteiger partial charge is 0.456 e. The van der Waals surface area contributed by atoms with Gasteiger partial charge >= 0.3 is 0 Å². The molecule has 0 atom stereocenters. The molecule has 272 valence electrons. The lowest BCUT2D eigenvalue weighted by molar-refractivity contribution is 0.664. The minimum Gasteiger partial charge on any atom is -0.456 e. The summed E-state index contributed by atoms with van der Waals surface area (Å²) in [7, 11) is 0. The van der Waals surface area contributed by atoms with Gasteiger partial charge in [0.1, 0.15) is 27.9 Å². The molecular weight excluding hydrogens is 711 g/mol. The molecule has 0 N–H and O–H groups in total. The van der Waals surface area contributed by atoms with Crippen LogP contribution in [-0.4, -0.2) is 0 Å². The summed E-state index contributed by atoms with van der Waals surface area (Å²) in [6, 6.07) is 70.0. The van der Waals surface area contributed by atoms with Crippen LogP contribution in [0.2, 0.25) is 0 Å². The SMILES string of the molecule is c1ccc(-c2ccc(-c3c4oc5ccc(N(c6ccccc6-c6ccccc6)c6cccc7c6oc6ccccc67)cc5c4cc4oc5ccccc5c34)cc2)cc1. The van der Waals surface area contributed by atoms with E-state index in [0.717, 1.165) is 111 Å². The lowest BCUT2D eigenvalue weighted by atomic mass is 9.95. The summed E-state index contributed by atoms with van der Waals surface area (Å²) in [5.41, 5.74) is 14.6. The van der Waals surface area contributed by atoms with Gasteiger partial charge in [-0.2, -0.15) is 0 Å². The van der Waals surface area contributed by atoms with Crippen LogP contribution in [-0.2, 0) is 0 Å². The number of anilines is 3. The van der Waals surface area contributed by atoms with Crippen molar-refractivity contribution < 1.29 is 13.3 Å². The van der Waals surface area contributed by atoms with E-state index in [1.54, 1.807) is 0 Å². The molecule has 0 saturated carbocycles. The second-order valence-electron chi connectivity index (χ2n) is 14.8. The zero-order valence-electron chi connectivity index (χ0n) is 31.2. The maximum absolute atomic E-state index is 6.95. The zero-order valence-corrected chi connectivity index (χ0v) is 31.2. The quantitative estimate of drug-likeness (QED) is 0.170. The summed E-state index contributed by atoms with van der Waals surface area (Å²) in [5, 5.41) is 6.25. The summed E-state index contributed by atoms with van der Waals surface area (Å²) in [4.78, 5) is 2.33. The zero-order chi connectivity index (χ0) is 38.2. The van der Waals surface area contributed by atoms with Crippen molar-refractivity contribution in [2.45, 2.75) is 0 Å². The van der Waals surface area contributed by atoms with Crippen LogP contribution in [0.1, 0.15) is 0 Å². The predicted octanol–water partition coefficient (Wildman–Crippen LogP) is 15.9. The van der Waals surface area contributed by atoms with E-state index in [-0.39, 0.29) is 0 Å². The Kier molecular flexibility index (Phi) is 7.20. The average Bonchev–Trinajstić information content (AvgIpc) is 3.98. The molecule has 3 aromatic heterocycles. The number of nitrogens with zero attached hydrogens (tertiary/aromatic N) is 1. The first-order valence-corrected chi connectivity index (χ1v) is 19.6. The molecule has 0 aliphatic heterocycles. The van der Waals surface area contributed by atoms with Crippen LogP contribution in [0.5, 0.6) is 0 Å². The fourth-order valence-corrected chi connectivity index (χ4v) is 8.82. The molecule has 4 heteroatoms. The topological polar surface area (TPSA) is 42.7 Å². The Bertz CT molecular complexity index is 3500. The minimum absolute atomic E-state index is 0.802. The molecule has 0 aliphatic rings. The van der Waals surface area contributed by atoms with Crippen molar-refractivity contribution in [2.75, 3.05) is 4.90 Å². The van der Waals surface area contributed by atoms with Gasteiger partial charge < -0.3 is 18.2 Å². The normalized spacial score (nSPS) is 11.8. The van der Waals surface area contributed by atoms with E-state index in [1.807, 2.05) is 30.3 Å². The van der Waals surface area contributed by atoms with Crippen LogP contribution in [0, 0.1) is 0 Å². The van der Waals surface area contributed by atoms with E-state index in [9.17, 15) is 0 Å². The smallest absolute Gasteiger partial charge is 0.159 e. The highest BCUT2D eigenvalue weighted by atomic mass is 16.3. The Morgan fingerprint density at radius 2 is 0.897 bits per heavy atom. The molecule has 0 fully saturated rings. The van der Waals surface area contributed by atoms with Crippen LogP contribution in [0.25, 0.3) is 99.2 Å². The fourth-order valence-electron chi connectivity index (χ4n) is 8.82. The molecule has 0 amide bonds. The number of benzene rings is 9. The van der Waals surface area contributed by atoms with Crippen molar-refractivity contribution in [2.24, 2.45) is 0 Å². The van der Waals surface area contributed by atoms with Gasteiger partial charge in [-0.1, -0.05) is 152 Å². The first-order valence-electron chi connectivity index (χ1n) is 19.6. The van der Waals surface area contributed by atoms with Gasteiger partial charge in [0.25, 0.3) is 0 Å². The van der Waals surface area contributed by atoms with Gasteiger partial charge in [0, 0.05) is 49.1 Å². The van der Waals surface area contributed by atoms with Gasteiger partial charge in [-0.3, -0.25) is 0 Å². The van der Waals surface area contributed by atoms with E-state index < -0.39 is 0 Å². The third-order valence-corrected chi connectivity index (χ3v) is 11.5. The molecule has 0 aliphatic carbocycles. The lowest BCUT2D eigenvalue weighted by Crippen LogP contribution is -2.11. The fraction of sp³-hybridized carbons (Fsp3) is 0. The van der Waals surface area contributed by atoms with Crippen LogP contribution < -0.4 is 4.90 Å². The van der Waals surface area contributed by atoms with Gasteiger partial charge in [-0.05, 0) is 70.8 Å².